The first kappa shape index (κ1) is 16.2. The Kier molecular flexibility index (Phi) is 5.31. The summed E-state index contributed by atoms with van der Waals surface area (Å²) in [6.07, 6.45) is 1.14. The van der Waals surface area contributed by atoms with Crippen molar-refractivity contribution in [2.75, 3.05) is 0 Å². The topological polar surface area (TPSA) is 66.4 Å². The fourth-order valence-electron chi connectivity index (χ4n) is 1.91. The van der Waals surface area contributed by atoms with Crippen molar-refractivity contribution in [1.29, 1.82) is 0 Å². The van der Waals surface area contributed by atoms with E-state index in [-0.39, 0.29) is 11.3 Å². The molecule has 1 amide bonds. The standard InChI is InChI=1S/C16H23NO3/c1-5-6-13(15(19)20)17-14(18)11-7-9-12(10-8-11)16(2,3)4/h7-10,13H,5-6H2,1-4H3,(H,17,18)(H,19,20). The predicted molar refractivity (Wildman–Crippen MR) is 78.9 cm³/mol. The van der Waals surface area contributed by atoms with Gasteiger partial charge in [-0.15, -0.1) is 0 Å². The van der Waals surface area contributed by atoms with Gasteiger partial charge in [0.05, 0.1) is 0 Å². The predicted octanol–water partition coefficient (Wildman–Crippen LogP) is 2.97. The first-order valence-electron chi connectivity index (χ1n) is 6.90. The highest BCUT2D eigenvalue weighted by atomic mass is 16.4. The summed E-state index contributed by atoms with van der Waals surface area (Å²) in [6.45, 7) is 8.19. The van der Waals surface area contributed by atoms with Crippen molar-refractivity contribution < 1.29 is 14.7 Å². The maximum Gasteiger partial charge on any atom is 0.326 e. The zero-order valence-electron chi connectivity index (χ0n) is 12.6. The number of carboxylic acids is 1. The molecule has 20 heavy (non-hydrogen) atoms. The highest BCUT2D eigenvalue weighted by molar-refractivity contribution is 5.96. The second-order valence-electron chi connectivity index (χ2n) is 5.98. The number of nitrogens with one attached hydrogen (secondary N) is 1. The highest BCUT2D eigenvalue weighted by Crippen LogP contribution is 2.22. The van der Waals surface area contributed by atoms with Crippen molar-refractivity contribution in [3.05, 3.63) is 35.4 Å². The molecule has 0 saturated carbocycles. The normalized spacial score (nSPS) is 12.8. The summed E-state index contributed by atoms with van der Waals surface area (Å²) < 4.78 is 0. The molecule has 0 aliphatic rings. The number of carbonyl (C=O) groups is 2. The summed E-state index contributed by atoms with van der Waals surface area (Å²) in [4.78, 5) is 23.0. The van der Waals surface area contributed by atoms with E-state index in [1.54, 1.807) is 12.1 Å². The van der Waals surface area contributed by atoms with Crippen LogP contribution in [0.5, 0.6) is 0 Å². The first-order valence-corrected chi connectivity index (χ1v) is 6.90. The number of carbonyl (C=O) groups excluding carboxylic acids is 1. The van der Waals surface area contributed by atoms with Crippen LogP contribution in [-0.4, -0.2) is 23.0 Å². The molecule has 0 fully saturated rings. The van der Waals surface area contributed by atoms with Gasteiger partial charge < -0.3 is 10.4 Å². The van der Waals surface area contributed by atoms with E-state index in [0.717, 1.165) is 5.56 Å². The van der Waals surface area contributed by atoms with Crippen LogP contribution in [-0.2, 0) is 10.2 Å². The van der Waals surface area contributed by atoms with Crippen molar-refractivity contribution in [3.63, 3.8) is 0 Å². The fraction of sp³-hybridized carbons (Fsp3) is 0.500. The number of hydrogen-bond donors (Lipinski definition) is 2. The molecule has 0 aliphatic heterocycles. The number of carboxylic acid groups (broad SMARTS) is 1. The minimum Gasteiger partial charge on any atom is -0.480 e. The fourth-order valence-corrected chi connectivity index (χ4v) is 1.91. The van der Waals surface area contributed by atoms with Gasteiger partial charge in [-0.1, -0.05) is 46.2 Å². The molecular weight excluding hydrogens is 254 g/mol. The summed E-state index contributed by atoms with van der Waals surface area (Å²) in [5.74, 6) is -1.34. The van der Waals surface area contributed by atoms with Crippen LogP contribution in [0.2, 0.25) is 0 Å². The molecule has 0 aliphatic carbocycles. The van der Waals surface area contributed by atoms with E-state index in [9.17, 15) is 9.59 Å². The molecule has 0 saturated heterocycles. The number of aliphatic carboxylic acids is 1. The van der Waals surface area contributed by atoms with Crippen molar-refractivity contribution >= 4 is 11.9 Å². The molecule has 2 N–H and O–H groups in total. The molecule has 1 atom stereocenters. The van der Waals surface area contributed by atoms with Gasteiger partial charge in [0, 0.05) is 5.56 Å². The lowest BCUT2D eigenvalue weighted by Crippen LogP contribution is -2.40. The monoisotopic (exact) mass is 277 g/mol. The van der Waals surface area contributed by atoms with Crippen LogP contribution in [0.3, 0.4) is 0 Å². The third kappa shape index (κ3) is 4.37. The van der Waals surface area contributed by atoms with E-state index in [0.29, 0.717) is 18.4 Å². The Morgan fingerprint density at radius 1 is 1.20 bits per heavy atom. The molecule has 0 bridgehead atoms. The van der Waals surface area contributed by atoms with E-state index in [1.165, 1.54) is 0 Å². The van der Waals surface area contributed by atoms with Crippen LogP contribution in [0, 0.1) is 0 Å². The minimum absolute atomic E-state index is 0.0286. The number of rotatable bonds is 5. The van der Waals surface area contributed by atoms with E-state index in [1.807, 2.05) is 19.1 Å². The Bertz CT molecular complexity index is 471. The van der Waals surface area contributed by atoms with E-state index in [2.05, 4.69) is 26.1 Å². The summed E-state index contributed by atoms with van der Waals surface area (Å²) in [5, 5.41) is 11.6. The molecule has 1 unspecified atom stereocenters. The first-order chi connectivity index (χ1) is 9.25. The summed E-state index contributed by atoms with van der Waals surface area (Å²) in [5.41, 5.74) is 1.65. The lowest BCUT2D eigenvalue weighted by atomic mass is 9.86. The van der Waals surface area contributed by atoms with Gasteiger partial charge in [0.2, 0.25) is 0 Å². The van der Waals surface area contributed by atoms with Gasteiger partial charge >= 0.3 is 5.97 Å². The third-order valence-electron chi connectivity index (χ3n) is 3.19. The van der Waals surface area contributed by atoms with Crippen molar-refractivity contribution in [2.24, 2.45) is 0 Å². The summed E-state index contributed by atoms with van der Waals surface area (Å²) in [6, 6.07) is 6.46. The van der Waals surface area contributed by atoms with Crippen LogP contribution >= 0.6 is 0 Å². The molecule has 4 heteroatoms. The molecule has 0 aromatic heterocycles. The van der Waals surface area contributed by atoms with Crippen molar-refractivity contribution in [1.82, 2.24) is 5.32 Å². The third-order valence-corrected chi connectivity index (χ3v) is 3.19. The largest absolute Gasteiger partial charge is 0.480 e. The molecule has 110 valence electrons. The van der Waals surface area contributed by atoms with Gasteiger partial charge in [0.1, 0.15) is 6.04 Å². The van der Waals surface area contributed by atoms with Crippen LogP contribution in [0.1, 0.15) is 56.5 Å². The lowest BCUT2D eigenvalue weighted by Gasteiger charge is -2.19. The highest BCUT2D eigenvalue weighted by Gasteiger charge is 2.20. The number of amides is 1. The zero-order chi connectivity index (χ0) is 15.3. The second-order valence-corrected chi connectivity index (χ2v) is 5.98. The Balaban J connectivity index is 2.80. The van der Waals surface area contributed by atoms with Crippen LogP contribution in [0.15, 0.2) is 24.3 Å². The Hall–Kier alpha value is -1.84. The average molecular weight is 277 g/mol. The van der Waals surface area contributed by atoms with E-state index < -0.39 is 12.0 Å². The van der Waals surface area contributed by atoms with Gasteiger partial charge in [-0.2, -0.15) is 0 Å². The molecule has 1 aromatic carbocycles. The van der Waals surface area contributed by atoms with Gasteiger partial charge in [-0.05, 0) is 29.5 Å². The van der Waals surface area contributed by atoms with Gasteiger partial charge in [0.15, 0.2) is 0 Å². The molecule has 0 spiro atoms. The molecule has 4 nitrogen and oxygen atoms in total. The number of hydrogen-bond acceptors (Lipinski definition) is 2. The smallest absolute Gasteiger partial charge is 0.326 e. The lowest BCUT2D eigenvalue weighted by molar-refractivity contribution is -0.139. The summed E-state index contributed by atoms with van der Waals surface area (Å²) >= 11 is 0. The summed E-state index contributed by atoms with van der Waals surface area (Å²) in [7, 11) is 0. The van der Waals surface area contributed by atoms with Gasteiger partial charge in [0.25, 0.3) is 5.91 Å². The van der Waals surface area contributed by atoms with Gasteiger partial charge in [-0.25, -0.2) is 4.79 Å². The maximum absolute atomic E-state index is 12.0. The van der Waals surface area contributed by atoms with Crippen LogP contribution < -0.4 is 5.32 Å². The van der Waals surface area contributed by atoms with Crippen LogP contribution in [0.25, 0.3) is 0 Å². The SMILES string of the molecule is CCCC(NC(=O)c1ccc(C(C)(C)C)cc1)C(=O)O. The molecular formula is C16H23NO3. The molecule has 0 radical (unpaired) electrons. The molecule has 1 rings (SSSR count). The van der Waals surface area contributed by atoms with Gasteiger partial charge in [-0.3, -0.25) is 4.79 Å². The average Bonchev–Trinajstić information content (AvgIpc) is 2.37. The minimum atomic E-state index is -0.994. The Morgan fingerprint density at radius 2 is 1.75 bits per heavy atom. The Labute approximate surface area is 120 Å². The quantitative estimate of drug-likeness (QED) is 0.869. The second kappa shape index (κ2) is 6.55. The zero-order valence-corrected chi connectivity index (χ0v) is 12.6. The molecule has 0 heterocycles. The number of benzene rings is 1. The Morgan fingerprint density at radius 3 is 2.15 bits per heavy atom. The van der Waals surface area contributed by atoms with E-state index >= 15 is 0 Å². The molecule has 1 aromatic rings. The van der Waals surface area contributed by atoms with E-state index in [4.69, 9.17) is 5.11 Å². The van der Waals surface area contributed by atoms with Crippen molar-refractivity contribution in [3.8, 4) is 0 Å². The van der Waals surface area contributed by atoms with Crippen molar-refractivity contribution in [2.45, 2.75) is 52.0 Å². The van der Waals surface area contributed by atoms with Crippen LogP contribution in [0.4, 0.5) is 0 Å². The maximum atomic E-state index is 12.0.